The number of β-amino-alcohol motifs (C(OH)–C–C–N with tert-alkyl or cyclic N) is 1. The highest BCUT2D eigenvalue weighted by Crippen LogP contribution is 2.34. The van der Waals surface area contributed by atoms with E-state index in [-0.39, 0.29) is 6.04 Å². The number of halogens is 2. The standard InChI is InChI=1S/C18H16F2N2O/c19-16-6-5-12(7-17(16)20)18-8-15(23)11-22(18)10-14-4-2-1-3-13(14)9-21/h1-7,15,18,23H,8,10-11H2/t15-,18-/m1/s1. The molecule has 1 aliphatic rings. The maximum absolute atomic E-state index is 13.5. The van der Waals surface area contributed by atoms with Crippen LogP contribution in [-0.4, -0.2) is 22.7 Å². The number of aliphatic hydroxyl groups is 1. The highest BCUT2D eigenvalue weighted by Gasteiger charge is 2.32. The molecule has 2 aromatic carbocycles. The molecule has 2 aromatic rings. The van der Waals surface area contributed by atoms with Crippen LogP contribution in [0.1, 0.15) is 29.2 Å². The molecule has 0 saturated carbocycles. The minimum Gasteiger partial charge on any atom is -0.392 e. The average molecular weight is 314 g/mol. The third kappa shape index (κ3) is 3.24. The summed E-state index contributed by atoms with van der Waals surface area (Å²) in [5.41, 5.74) is 2.07. The van der Waals surface area contributed by atoms with Crippen LogP contribution in [0.4, 0.5) is 8.78 Å². The first-order valence-electron chi connectivity index (χ1n) is 7.43. The lowest BCUT2D eigenvalue weighted by molar-refractivity contribution is 0.172. The van der Waals surface area contributed by atoms with Crippen molar-refractivity contribution in [2.24, 2.45) is 0 Å². The Balaban J connectivity index is 1.88. The van der Waals surface area contributed by atoms with Gasteiger partial charge in [0.2, 0.25) is 0 Å². The van der Waals surface area contributed by atoms with Crippen molar-refractivity contribution in [3.63, 3.8) is 0 Å². The number of nitrogens with zero attached hydrogens (tertiary/aromatic N) is 2. The summed E-state index contributed by atoms with van der Waals surface area (Å²) in [6.45, 7) is 0.911. The van der Waals surface area contributed by atoms with Crippen LogP contribution >= 0.6 is 0 Å². The largest absolute Gasteiger partial charge is 0.392 e. The van der Waals surface area contributed by atoms with Gasteiger partial charge in [-0.2, -0.15) is 5.26 Å². The second kappa shape index (κ2) is 6.45. The lowest BCUT2D eigenvalue weighted by atomic mass is 10.0. The van der Waals surface area contributed by atoms with Crippen LogP contribution in [0.15, 0.2) is 42.5 Å². The van der Waals surface area contributed by atoms with Crippen molar-refractivity contribution in [2.75, 3.05) is 6.54 Å². The van der Waals surface area contributed by atoms with Gasteiger partial charge < -0.3 is 5.11 Å². The number of hydrogen-bond donors (Lipinski definition) is 1. The summed E-state index contributed by atoms with van der Waals surface area (Å²) in [6.07, 6.45) is -0.0675. The molecule has 0 amide bonds. The zero-order valence-corrected chi connectivity index (χ0v) is 12.4. The van der Waals surface area contributed by atoms with Crippen LogP contribution in [0.25, 0.3) is 0 Å². The Bertz CT molecular complexity index is 757. The van der Waals surface area contributed by atoms with Gasteiger partial charge in [-0.1, -0.05) is 24.3 Å². The molecular weight excluding hydrogens is 298 g/mol. The molecule has 0 bridgehead atoms. The smallest absolute Gasteiger partial charge is 0.159 e. The van der Waals surface area contributed by atoms with Crippen LogP contribution in [-0.2, 0) is 6.54 Å². The zero-order chi connectivity index (χ0) is 16.4. The normalized spacial score (nSPS) is 21.3. The van der Waals surface area contributed by atoms with Gasteiger partial charge in [0, 0.05) is 19.1 Å². The lowest BCUT2D eigenvalue weighted by Gasteiger charge is -2.25. The van der Waals surface area contributed by atoms with E-state index < -0.39 is 17.7 Å². The number of aliphatic hydroxyl groups excluding tert-OH is 1. The molecule has 0 radical (unpaired) electrons. The Hall–Kier alpha value is -2.29. The van der Waals surface area contributed by atoms with Gasteiger partial charge in [-0.3, -0.25) is 4.90 Å². The highest BCUT2D eigenvalue weighted by atomic mass is 19.2. The molecule has 3 nitrogen and oxygen atoms in total. The van der Waals surface area contributed by atoms with E-state index in [1.165, 1.54) is 6.07 Å². The molecule has 1 heterocycles. The minimum absolute atomic E-state index is 0.202. The van der Waals surface area contributed by atoms with Gasteiger partial charge in [0.25, 0.3) is 0 Å². The first-order valence-corrected chi connectivity index (χ1v) is 7.43. The van der Waals surface area contributed by atoms with E-state index in [2.05, 4.69) is 6.07 Å². The molecule has 1 fully saturated rings. The molecule has 2 atom stereocenters. The fraction of sp³-hybridized carbons (Fsp3) is 0.278. The SMILES string of the molecule is N#Cc1ccccc1CN1C[C@H](O)C[C@@H]1c1ccc(F)c(F)c1. The fourth-order valence-electron chi connectivity index (χ4n) is 3.11. The van der Waals surface area contributed by atoms with E-state index in [4.69, 9.17) is 0 Å². The van der Waals surface area contributed by atoms with Crippen molar-refractivity contribution < 1.29 is 13.9 Å². The molecule has 23 heavy (non-hydrogen) atoms. The monoisotopic (exact) mass is 314 g/mol. The van der Waals surface area contributed by atoms with E-state index in [1.54, 1.807) is 18.2 Å². The number of nitriles is 1. The van der Waals surface area contributed by atoms with Crippen molar-refractivity contribution >= 4 is 0 Å². The third-order valence-electron chi connectivity index (χ3n) is 4.22. The molecular formula is C18H16F2N2O. The maximum Gasteiger partial charge on any atom is 0.159 e. The summed E-state index contributed by atoms with van der Waals surface area (Å²) in [7, 11) is 0. The number of rotatable bonds is 3. The second-order valence-electron chi connectivity index (χ2n) is 5.78. The van der Waals surface area contributed by atoms with Gasteiger partial charge in [-0.05, 0) is 35.7 Å². The predicted molar refractivity (Wildman–Crippen MR) is 81.3 cm³/mol. The van der Waals surface area contributed by atoms with Gasteiger partial charge in [-0.15, -0.1) is 0 Å². The summed E-state index contributed by atoms with van der Waals surface area (Å²) in [6, 6.07) is 13.1. The summed E-state index contributed by atoms with van der Waals surface area (Å²) in [4.78, 5) is 1.99. The maximum atomic E-state index is 13.5. The van der Waals surface area contributed by atoms with Crippen molar-refractivity contribution in [1.82, 2.24) is 4.90 Å². The Kier molecular flexibility index (Phi) is 4.37. The van der Waals surface area contributed by atoms with Gasteiger partial charge in [0.05, 0.1) is 17.7 Å². The molecule has 0 aromatic heterocycles. The quantitative estimate of drug-likeness (QED) is 0.947. The summed E-state index contributed by atoms with van der Waals surface area (Å²) in [5.74, 6) is -1.77. The van der Waals surface area contributed by atoms with Gasteiger partial charge in [-0.25, -0.2) is 8.78 Å². The Morgan fingerprint density at radius 3 is 2.70 bits per heavy atom. The molecule has 1 saturated heterocycles. The zero-order valence-electron chi connectivity index (χ0n) is 12.4. The summed E-state index contributed by atoms with van der Waals surface area (Å²) in [5, 5.41) is 19.2. The van der Waals surface area contributed by atoms with E-state index in [1.807, 2.05) is 17.0 Å². The first-order chi connectivity index (χ1) is 11.1. The van der Waals surface area contributed by atoms with Gasteiger partial charge in [0.1, 0.15) is 0 Å². The lowest BCUT2D eigenvalue weighted by Crippen LogP contribution is -2.24. The van der Waals surface area contributed by atoms with E-state index in [0.29, 0.717) is 30.6 Å². The Labute approximate surface area is 133 Å². The van der Waals surface area contributed by atoms with Gasteiger partial charge >= 0.3 is 0 Å². The molecule has 1 N–H and O–H groups in total. The molecule has 0 aliphatic carbocycles. The Morgan fingerprint density at radius 2 is 1.96 bits per heavy atom. The van der Waals surface area contributed by atoms with Gasteiger partial charge in [0.15, 0.2) is 11.6 Å². The van der Waals surface area contributed by atoms with Crippen molar-refractivity contribution in [3.05, 3.63) is 70.8 Å². The molecule has 1 aliphatic heterocycles. The second-order valence-corrected chi connectivity index (χ2v) is 5.78. The summed E-state index contributed by atoms with van der Waals surface area (Å²) >= 11 is 0. The number of likely N-dealkylation sites (tertiary alicyclic amines) is 1. The van der Waals surface area contributed by atoms with Crippen LogP contribution in [0.3, 0.4) is 0 Å². The van der Waals surface area contributed by atoms with Crippen LogP contribution < -0.4 is 0 Å². The fourth-order valence-corrected chi connectivity index (χ4v) is 3.11. The van der Waals surface area contributed by atoms with Crippen LogP contribution in [0.2, 0.25) is 0 Å². The Morgan fingerprint density at radius 1 is 1.17 bits per heavy atom. The molecule has 0 unspecified atom stereocenters. The summed E-state index contributed by atoms with van der Waals surface area (Å²) < 4.78 is 26.6. The minimum atomic E-state index is -0.888. The molecule has 118 valence electrons. The molecule has 0 spiro atoms. The van der Waals surface area contributed by atoms with Crippen molar-refractivity contribution in [1.29, 1.82) is 5.26 Å². The number of benzene rings is 2. The first kappa shape index (κ1) is 15.6. The van der Waals surface area contributed by atoms with E-state index in [9.17, 15) is 19.1 Å². The van der Waals surface area contributed by atoms with Crippen LogP contribution in [0.5, 0.6) is 0 Å². The van der Waals surface area contributed by atoms with E-state index in [0.717, 1.165) is 11.6 Å². The van der Waals surface area contributed by atoms with Crippen LogP contribution in [0, 0.1) is 23.0 Å². The highest BCUT2D eigenvalue weighted by molar-refractivity contribution is 5.37. The van der Waals surface area contributed by atoms with Crippen molar-refractivity contribution in [2.45, 2.75) is 25.1 Å². The third-order valence-corrected chi connectivity index (χ3v) is 4.22. The van der Waals surface area contributed by atoms with E-state index >= 15 is 0 Å². The predicted octanol–water partition coefficient (Wildman–Crippen LogP) is 3.14. The molecule has 3 rings (SSSR count). The molecule has 5 heteroatoms. The average Bonchev–Trinajstić information content (AvgIpc) is 2.91. The topological polar surface area (TPSA) is 47.3 Å². The number of hydrogen-bond acceptors (Lipinski definition) is 3. The van der Waals surface area contributed by atoms with Crippen molar-refractivity contribution in [3.8, 4) is 6.07 Å².